The topological polar surface area (TPSA) is 90.9 Å². The largest absolute Gasteiger partial charge is 0.435 e. The van der Waals surface area contributed by atoms with Gasteiger partial charge in [-0.25, -0.2) is 0 Å². The molecule has 0 spiro atoms. The van der Waals surface area contributed by atoms with Crippen LogP contribution in [0, 0.1) is 0 Å². The summed E-state index contributed by atoms with van der Waals surface area (Å²) < 4.78 is 30.7. The second kappa shape index (κ2) is 6.26. The number of halogens is 2. The lowest BCUT2D eigenvalue weighted by Crippen LogP contribution is -2.11. The minimum atomic E-state index is -2.86. The van der Waals surface area contributed by atoms with Crippen LogP contribution in [0.3, 0.4) is 0 Å². The van der Waals surface area contributed by atoms with Crippen molar-refractivity contribution in [3.63, 3.8) is 0 Å². The van der Waals surface area contributed by atoms with Gasteiger partial charge in [-0.15, -0.1) is 0 Å². The van der Waals surface area contributed by atoms with Gasteiger partial charge in [0.2, 0.25) is 5.95 Å². The van der Waals surface area contributed by atoms with E-state index in [4.69, 9.17) is 5.73 Å². The molecule has 2 aromatic heterocycles. The summed E-state index contributed by atoms with van der Waals surface area (Å²) in [5, 5.41) is 7.86. The number of nitrogens with zero attached hydrogens (tertiary/aromatic N) is 4. The van der Waals surface area contributed by atoms with Crippen LogP contribution in [0.2, 0.25) is 0 Å². The van der Waals surface area contributed by atoms with E-state index in [9.17, 15) is 8.78 Å². The number of aromatic nitrogens is 4. The van der Waals surface area contributed by atoms with Crippen LogP contribution in [0.5, 0.6) is 5.75 Å². The van der Waals surface area contributed by atoms with Crippen molar-refractivity contribution < 1.29 is 13.5 Å². The highest BCUT2D eigenvalue weighted by molar-refractivity contribution is 5.86. The average molecular weight is 334 g/mol. The normalized spacial score (nSPS) is 12.5. The molecule has 0 fully saturated rings. The highest BCUT2D eigenvalue weighted by atomic mass is 19.3. The SMILES string of the molecule is CC(Nc1nc(N)c2cnn(C)c2n1)c1cccc(OC(F)F)c1. The highest BCUT2D eigenvalue weighted by Gasteiger charge is 2.13. The minimum absolute atomic E-state index is 0.0960. The van der Waals surface area contributed by atoms with Crippen molar-refractivity contribution in [3.8, 4) is 5.75 Å². The van der Waals surface area contributed by atoms with E-state index in [0.29, 0.717) is 22.8 Å². The first-order valence-electron chi connectivity index (χ1n) is 7.20. The maximum Gasteiger partial charge on any atom is 0.387 e. The van der Waals surface area contributed by atoms with Gasteiger partial charge in [-0.2, -0.15) is 23.8 Å². The first-order valence-corrected chi connectivity index (χ1v) is 7.20. The van der Waals surface area contributed by atoms with Crippen molar-refractivity contribution in [2.75, 3.05) is 11.1 Å². The molecule has 0 aliphatic rings. The number of fused-ring (bicyclic) bond motifs is 1. The zero-order valence-corrected chi connectivity index (χ0v) is 13.1. The molecule has 0 aliphatic heterocycles. The van der Waals surface area contributed by atoms with Gasteiger partial charge in [-0.1, -0.05) is 12.1 Å². The molecule has 0 bridgehead atoms. The fourth-order valence-electron chi connectivity index (χ4n) is 2.35. The Labute approximate surface area is 136 Å². The van der Waals surface area contributed by atoms with E-state index >= 15 is 0 Å². The molecule has 0 aliphatic carbocycles. The molecule has 9 heteroatoms. The Morgan fingerprint density at radius 1 is 1.29 bits per heavy atom. The van der Waals surface area contributed by atoms with Gasteiger partial charge in [-0.3, -0.25) is 4.68 Å². The molecule has 1 unspecified atom stereocenters. The Kier molecular flexibility index (Phi) is 4.15. The molecule has 0 amide bonds. The van der Waals surface area contributed by atoms with Gasteiger partial charge in [0.25, 0.3) is 0 Å². The molecule has 0 saturated heterocycles. The van der Waals surface area contributed by atoms with Gasteiger partial charge in [0.05, 0.1) is 17.6 Å². The van der Waals surface area contributed by atoms with Crippen LogP contribution >= 0.6 is 0 Å². The number of rotatable bonds is 5. The van der Waals surface area contributed by atoms with E-state index in [1.165, 1.54) is 12.1 Å². The molecular weight excluding hydrogens is 318 g/mol. The van der Waals surface area contributed by atoms with E-state index in [1.54, 1.807) is 30.1 Å². The van der Waals surface area contributed by atoms with Gasteiger partial charge in [0.15, 0.2) is 5.65 Å². The Morgan fingerprint density at radius 3 is 2.83 bits per heavy atom. The average Bonchev–Trinajstić information content (AvgIpc) is 2.89. The number of ether oxygens (including phenoxy) is 1. The lowest BCUT2D eigenvalue weighted by molar-refractivity contribution is -0.0498. The van der Waals surface area contributed by atoms with Crippen LogP contribution in [0.15, 0.2) is 30.5 Å². The Balaban J connectivity index is 1.84. The third kappa shape index (κ3) is 3.19. The molecule has 3 N–H and O–H groups in total. The zero-order chi connectivity index (χ0) is 17.3. The summed E-state index contributed by atoms with van der Waals surface area (Å²) in [6.45, 7) is -1.01. The van der Waals surface area contributed by atoms with Crippen LogP contribution < -0.4 is 15.8 Å². The third-order valence-electron chi connectivity index (χ3n) is 3.55. The molecule has 3 rings (SSSR count). The third-order valence-corrected chi connectivity index (χ3v) is 3.55. The molecular formula is C15H16F2N6O. The molecule has 3 aromatic rings. The predicted octanol–water partition coefficient (Wildman–Crippen LogP) is 2.72. The zero-order valence-electron chi connectivity index (χ0n) is 13.1. The van der Waals surface area contributed by atoms with Crippen molar-refractivity contribution in [2.45, 2.75) is 19.6 Å². The first-order chi connectivity index (χ1) is 11.4. The lowest BCUT2D eigenvalue weighted by atomic mass is 10.1. The predicted molar refractivity (Wildman–Crippen MR) is 85.8 cm³/mol. The van der Waals surface area contributed by atoms with Crippen molar-refractivity contribution in [2.24, 2.45) is 7.05 Å². The van der Waals surface area contributed by atoms with Crippen LogP contribution in [0.4, 0.5) is 20.5 Å². The molecule has 0 saturated carbocycles. The number of hydrogen-bond acceptors (Lipinski definition) is 6. The number of nitrogen functional groups attached to an aromatic ring is 1. The second-order valence-corrected chi connectivity index (χ2v) is 5.25. The lowest BCUT2D eigenvalue weighted by Gasteiger charge is -2.16. The van der Waals surface area contributed by atoms with Gasteiger partial charge in [0, 0.05) is 7.05 Å². The Morgan fingerprint density at radius 2 is 2.08 bits per heavy atom. The highest BCUT2D eigenvalue weighted by Crippen LogP contribution is 2.24. The fraction of sp³-hybridized carbons (Fsp3) is 0.267. The number of nitrogens with two attached hydrogens (primary N) is 1. The van der Waals surface area contributed by atoms with E-state index in [2.05, 4.69) is 25.1 Å². The smallest absolute Gasteiger partial charge is 0.387 e. The van der Waals surface area contributed by atoms with Crippen LogP contribution in [0.1, 0.15) is 18.5 Å². The van der Waals surface area contributed by atoms with Crippen LogP contribution in [-0.4, -0.2) is 26.4 Å². The Hall–Kier alpha value is -2.97. The van der Waals surface area contributed by atoms with Gasteiger partial charge < -0.3 is 15.8 Å². The number of benzene rings is 1. The number of hydrogen-bond donors (Lipinski definition) is 2. The minimum Gasteiger partial charge on any atom is -0.435 e. The van der Waals surface area contributed by atoms with Crippen LogP contribution in [-0.2, 0) is 7.05 Å². The number of anilines is 2. The maximum atomic E-state index is 12.3. The molecule has 1 aromatic carbocycles. The molecule has 2 heterocycles. The van der Waals surface area contributed by atoms with Crippen molar-refractivity contribution in [3.05, 3.63) is 36.0 Å². The van der Waals surface area contributed by atoms with E-state index in [1.807, 2.05) is 6.92 Å². The van der Waals surface area contributed by atoms with Crippen molar-refractivity contribution in [1.82, 2.24) is 19.7 Å². The quantitative estimate of drug-likeness (QED) is 0.745. The summed E-state index contributed by atoms with van der Waals surface area (Å²) in [7, 11) is 1.76. The van der Waals surface area contributed by atoms with Gasteiger partial charge >= 0.3 is 6.61 Å². The summed E-state index contributed by atoms with van der Waals surface area (Å²) in [6, 6.07) is 6.21. The summed E-state index contributed by atoms with van der Waals surface area (Å²) >= 11 is 0. The summed E-state index contributed by atoms with van der Waals surface area (Å²) in [4.78, 5) is 8.58. The maximum absolute atomic E-state index is 12.3. The molecule has 7 nitrogen and oxygen atoms in total. The summed E-state index contributed by atoms with van der Waals surface area (Å²) in [5.74, 6) is 0.743. The first kappa shape index (κ1) is 15.9. The number of alkyl halides is 2. The van der Waals surface area contributed by atoms with E-state index < -0.39 is 6.61 Å². The van der Waals surface area contributed by atoms with Crippen molar-refractivity contribution in [1.29, 1.82) is 0 Å². The molecule has 1 atom stereocenters. The van der Waals surface area contributed by atoms with Gasteiger partial charge in [0.1, 0.15) is 11.6 Å². The monoisotopic (exact) mass is 334 g/mol. The molecule has 126 valence electrons. The number of aryl methyl sites for hydroxylation is 1. The van der Waals surface area contributed by atoms with Crippen LogP contribution in [0.25, 0.3) is 11.0 Å². The van der Waals surface area contributed by atoms with Crippen molar-refractivity contribution >= 4 is 22.8 Å². The second-order valence-electron chi connectivity index (χ2n) is 5.25. The number of nitrogens with one attached hydrogen (secondary N) is 1. The summed E-state index contributed by atoms with van der Waals surface area (Å²) in [5.41, 5.74) is 7.27. The summed E-state index contributed by atoms with van der Waals surface area (Å²) in [6.07, 6.45) is 1.60. The standard InChI is InChI=1S/C15H16F2N6O/c1-8(9-4-3-5-10(6-9)24-14(16)17)20-15-21-12(18)11-7-19-23(2)13(11)22-15/h3-8,14H,1-2H3,(H3,18,20,21,22). The molecule has 24 heavy (non-hydrogen) atoms. The van der Waals surface area contributed by atoms with Gasteiger partial charge in [-0.05, 0) is 24.6 Å². The molecule has 0 radical (unpaired) electrons. The Bertz CT molecular complexity index is 866. The van der Waals surface area contributed by atoms with E-state index in [0.717, 1.165) is 5.56 Å². The van der Waals surface area contributed by atoms with E-state index in [-0.39, 0.29) is 11.8 Å². The fourth-order valence-corrected chi connectivity index (χ4v) is 2.35.